The van der Waals surface area contributed by atoms with Crippen LogP contribution in [0.2, 0.25) is 0 Å². The van der Waals surface area contributed by atoms with E-state index in [2.05, 4.69) is 0 Å². The van der Waals surface area contributed by atoms with Crippen molar-refractivity contribution in [2.24, 2.45) is 0 Å². The number of carboxylic acids is 2. The zero-order valence-electron chi connectivity index (χ0n) is 8.84. The van der Waals surface area contributed by atoms with Crippen LogP contribution >= 0.6 is 0 Å². The molecule has 0 aliphatic carbocycles. The minimum atomic E-state index is -1.40. The Morgan fingerprint density at radius 3 is 1.94 bits per heavy atom. The van der Waals surface area contributed by atoms with Gasteiger partial charge in [0, 0.05) is 0 Å². The van der Waals surface area contributed by atoms with Crippen molar-refractivity contribution in [3.63, 3.8) is 0 Å². The third kappa shape index (κ3) is 3.10. The number of carbonyl (C=O) groups is 2. The first-order valence-corrected chi connectivity index (χ1v) is 4.55. The van der Waals surface area contributed by atoms with Crippen molar-refractivity contribution in [1.29, 1.82) is 0 Å². The number of nitrogens with one attached hydrogen (secondary N) is 2. The highest BCUT2D eigenvalue weighted by Crippen LogP contribution is 2.17. The normalized spacial score (nSPS) is 10.0. The van der Waals surface area contributed by atoms with Gasteiger partial charge in [-0.1, -0.05) is 0 Å². The minimum absolute atomic E-state index is 0.606. The molecule has 0 fully saturated rings. The summed E-state index contributed by atoms with van der Waals surface area (Å²) >= 11 is 0. The number of hydrogen-bond acceptors (Lipinski definition) is 6. The highest BCUT2D eigenvalue weighted by Gasteiger charge is 2.21. The fourth-order valence-corrected chi connectivity index (χ4v) is 1.30. The van der Waals surface area contributed by atoms with Gasteiger partial charge in [0.15, 0.2) is 5.69 Å². The van der Waals surface area contributed by atoms with E-state index in [-0.39, 0.29) is 0 Å². The van der Waals surface area contributed by atoms with Crippen molar-refractivity contribution < 1.29 is 24.9 Å². The summed E-state index contributed by atoms with van der Waals surface area (Å²) in [6, 6.07) is 0. The Balaban J connectivity index is 3.28. The predicted octanol–water partition coefficient (Wildman–Crippen LogP) is -2.26. The van der Waals surface area contributed by atoms with Gasteiger partial charge in [0.1, 0.15) is 13.1 Å². The number of aromatic nitrogens is 2. The van der Waals surface area contributed by atoms with E-state index in [0.717, 1.165) is 0 Å². The molecule has 0 radical (unpaired) electrons. The molecule has 0 spiro atoms. The van der Waals surface area contributed by atoms with Crippen LogP contribution in [0.4, 0.5) is 5.69 Å². The monoisotopic (exact) mass is 259 g/mol. The van der Waals surface area contributed by atoms with Gasteiger partial charge >= 0.3 is 17.6 Å². The van der Waals surface area contributed by atoms with E-state index in [1.807, 2.05) is 4.98 Å². The lowest BCUT2D eigenvalue weighted by Crippen LogP contribution is -2.39. The molecule has 0 unspecified atom stereocenters. The molecular weight excluding hydrogens is 250 g/mol. The molecule has 1 rings (SSSR count). The Hall–Kier alpha value is -2.78. The second-order valence-corrected chi connectivity index (χ2v) is 3.25. The maximum absolute atomic E-state index is 11.4. The molecule has 0 saturated carbocycles. The number of carboxylic acid groups (broad SMARTS) is 2. The fraction of sp³-hybridized carbons (Fsp3) is 0.250. The third-order valence-electron chi connectivity index (χ3n) is 1.87. The maximum Gasteiger partial charge on any atom is 0.328 e. The van der Waals surface area contributed by atoms with Crippen molar-refractivity contribution in [3.8, 4) is 5.88 Å². The summed E-state index contributed by atoms with van der Waals surface area (Å²) in [6.45, 7) is -1.65. The van der Waals surface area contributed by atoms with E-state index >= 15 is 0 Å². The van der Waals surface area contributed by atoms with Crippen molar-refractivity contribution in [2.75, 3.05) is 18.0 Å². The quantitative estimate of drug-likeness (QED) is 0.395. The number of aliphatic carboxylic acids is 2. The highest BCUT2D eigenvalue weighted by molar-refractivity contribution is 5.80. The third-order valence-corrected chi connectivity index (χ3v) is 1.87. The molecule has 10 heteroatoms. The molecule has 5 N–H and O–H groups in total. The number of H-pyrrole nitrogens is 2. The molecule has 1 heterocycles. The summed E-state index contributed by atoms with van der Waals surface area (Å²) in [5.74, 6) is -3.70. The van der Waals surface area contributed by atoms with E-state index in [9.17, 15) is 24.3 Å². The van der Waals surface area contributed by atoms with Crippen molar-refractivity contribution in [2.45, 2.75) is 0 Å². The lowest BCUT2D eigenvalue weighted by atomic mass is 10.3. The Morgan fingerprint density at radius 2 is 1.56 bits per heavy atom. The zero-order chi connectivity index (χ0) is 13.9. The van der Waals surface area contributed by atoms with Gasteiger partial charge in [-0.3, -0.25) is 24.4 Å². The topological polar surface area (TPSA) is 164 Å². The largest absolute Gasteiger partial charge is 0.493 e. The van der Waals surface area contributed by atoms with Crippen LogP contribution in [-0.2, 0) is 9.59 Å². The molecule has 0 bridgehead atoms. The Labute approximate surface area is 98.1 Å². The van der Waals surface area contributed by atoms with Gasteiger partial charge in [-0.2, -0.15) is 0 Å². The van der Waals surface area contributed by atoms with Crippen molar-refractivity contribution in [1.82, 2.24) is 9.97 Å². The number of nitrogens with zero attached hydrogens (tertiary/aromatic N) is 1. The second-order valence-electron chi connectivity index (χ2n) is 3.25. The number of anilines is 1. The molecule has 18 heavy (non-hydrogen) atoms. The van der Waals surface area contributed by atoms with Crippen LogP contribution in [0, 0.1) is 0 Å². The number of hydrogen-bond donors (Lipinski definition) is 5. The molecule has 1 aromatic rings. The Morgan fingerprint density at radius 1 is 1.06 bits per heavy atom. The Kier molecular flexibility index (Phi) is 3.72. The van der Waals surface area contributed by atoms with E-state index in [4.69, 9.17) is 10.2 Å². The van der Waals surface area contributed by atoms with Crippen LogP contribution in [0.1, 0.15) is 0 Å². The first-order chi connectivity index (χ1) is 8.31. The highest BCUT2D eigenvalue weighted by atomic mass is 16.4. The van der Waals surface area contributed by atoms with Gasteiger partial charge < -0.3 is 20.2 Å². The van der Waals surface area contributed by atoms with Crippen molar-refractivity contribution >= 4 is 17.6 Å². The van der Waals surface area contributed by atoms with Gasteiger partial charge in [-0.05, 0) is 0 Å². The van der Waals surface area contributed by atoms with Gasteiger partial charge in [0.05, 0.1) is 0 Å². The van der Waals surface area contributed by atoms with E-state index in [0.29, 0.717) is 4.90 Å². The van der Waals surface area contributed by atoms with Crippen LogP contribution in [0.25, 0.3) is 0 Å². The molecule has 98 valence electrons. The SMILES string of the molecule is O=C(O)CN(CC(=O)O)c1c(O)[nH]c(=O)[nH]c1=O. The molecule has 0 aliphatic heterocycles. The lowest BCUT2D eigenvalue weighted by molar-refractivity contribution is -0.136. The summed E-state index contributed by atoms with van der Waals surface area (Å²) in [5, 5.41) is 26.6. The molecule has 0 aliphatic rings. The van der Waals surface area contributed by atoms with E-state index in [1.54, 1.807) is 4.98 Å². The standard InChI is InChI=1S/C8H9N3O7/c12-3(13)1-11(2-4(14)15)5-6(16)9-8(18)10-7(5)17/h1-2H2,(H,12,13)(H,14,15)(H3,9,10,16,17,18). The average molecular weight is 259 g/mol. The minimum Gasteiger partial charge on any atom is -0.493 e. The number of aromatic hydroxyl groups is 1. The number of aromatic amines is 2. The summed E-state index contributed by atoms with van der Waals surface area (Å²) < 4.78 is 0. The summed E-state index contributed by atoms with van der Waals surface area (Å²) in [4.78, 5) is 47.5. The predicted molar refractivity (Wildman–Crippen MR) is 56.8 cm³/mol. The van der Waals surface area contributed by atoms with E-state index < -0.39 is 47.8 Å². The van der Waals surface area contributed by atoms with Crippen LogP contribution in [0.3, 0.4) is 0 Å². The van der Waals surface area contributed by atoms with Gasteiger partial charge in [0.25, 0.3) is 5.56 Å². The zero-order valence-corrected chi connectivity index (χ0v) is 8.84. The summed E-state index contributed by atoms with van der Waals surface area (Å²) in [5.41, 5.74) is -2.70. The molecule has 1 aromatic heterocycles. The van der Waals surface area contributed by atoms with Crippen LogP contribution in [-0.4, -0.2) is 50.3 Å². The van der Waals surface area contributed by atoms with Gasteiger partial charge in [-0.15, -0.1) is 0 Å². The molecule has 0 amide bonds. The molecule has 0 atom stereocenters. The molecule has 0 saturated heterocycles. The molecular formula is C8H9N3O7. The summed E-state index contributed by atoms with van der Waals surface area (Å²) in [7, 11) is 0. The molecule has 10 nitrogen and oxygen atoms in total. The molecule has 0 aromatic carbocycles. The second kappa shape index (κ2) is 5.03. The van der Waals surface area contributed by atoms with E-state index in [1.165, 1.54) is 0 Å². The van der Waals surface area contributed by atoms with Crippen LogP contribution in [0.15, 0.2) is 9.59 Å². The number of rotatable bonds is 5. The van der Waals surface area contributed by atoms with Crippen LogP contribution < -0.4 is 16.1 Å². The maximum atomic E-state index is 11.4. The fourth-order valence-electron chi connectivity index (χ4n) is 1.30. The average Bonchev–Trinajstić information content (AvgIpc) is 2.12. The van der Waals surface area contributed by atoms with Crippen molar-refractivity contribution in [3.05, 3.63) is 20.8 Å². The first kappa shape index (κ1) is 13.3. The summed E-state index contributed by atoms with van der Waals surface area (Å²) in [6.07, 6.45) is 0. The first-order valence-electron chi connectivity index (χ1n) is 4.55. The smallest absolute Gasteiger partial charge is 0.328 e. The van der Waals surface area contributed by atoms with Gasteiger partial charge in [0.2, 0.25) is 5.88 Å². The van der Waals surface area contributed by atoms with Gasteiger partial charge in [-0.25, -0.2) is 4.79 Å². The lowest BCUT2D eigenvalue weighted by Gasteiger charge is -2.19. The van der Waals surface area contributed by atoms with Crippen LogP contribution in [0.5, 0.6) is 5.88 Å². The Bertz CT molecular complexity index is 571.